The third kappa shape index (κ3) is 3.24. The van der Waals surface area contributed by atoms with Gasteiger partial charge in [0.15, 0.2) is 0 Å². The molecule has 0 fully saturated rings. The average Bonchev–Trinajstić information content (AvgIpc) is 2.84. The Balaban J connectivity index is 2.04. The minimum Gasteiger partial charge on any atom is -0.496 e. The molecule has 0 bridgehead atoms. The SMILES string of the molecule is COc1cc(N)ccc1CN(C)Cc1ccsc1. The Labute approximate surface area is 112 Å². The first-order valence-electron chi connectivity index (χ1n) is 5.81. The van der Waals surface area contributed by atoms with Crippen LogP contribution in [0, 0.1) is 0 Å². The average molecular weight is 262 g/mol. The van der Waals surface area contributed by atoms with Crippen molar-refractivity contribution in [1.82, 2.24) is 4.90 Å². The number of nitrogen functional groups attached to an aromatic ring is 1. The summed E-state index contributed by atoms with van der Waals surface area (Å²) in [6.45, 7) is 1.79. The lowest BCUT2D eigenvalue weighted by Gasteiger charge is -2.18. The zero-order valence-electron chi connectivity index (χ0n) is 10.7. The summed E-state index contributed by atoms with van der Waals surface area (Å²) in [7, 11) is 3.78. The number of rotatable bonds is 5. The van der Waals surface area contributed by atoms with Crippen LogP contribution in [-0.2, 0) is 13.1 Å². The summed E-state index contributed by atoms with van der Waals surface area (Å²) in [5, 5.41) is 4.28. The Hall–Kier alpha value is -1.52. The van der Waals surface area contributed by atoms with Crippen LogP contribution in [0.3, 0.4) is 0 Å². The minimum absolute atomic E-state index is 0.732. The molecule has 0 saturated carbocycles. The molecule has 0 unspecified atom stereocenters. The number of nitrogens with zero attached hydrogens (tertiary/aromatic N) is 1. The quantitative estimate of drug-likeness (QED) is 0.842. The van der Waals surface area contributed by atoms with Crippen LogP contribution in [0.1, 0.15) is 11.1 Å². The maximum absolute atomic E-state index is 5.75. The Morgan fingerprint density at radius 1 is 1.28 bits per heavy atom. The van der Waals surface area contributed by atoms with Crippen molar-refractivity contribution >= 4 is 17.0 Å². The predicted molar refractivity (Wildman–Crippen MR) is 76.9 cm³/mol. The minimum atomic E-state index is 0.732. The summed E-state index contributed by atoms with van der Waals surface area (Å²) < 4.78 is 5.36. The van der Waals surface area contributed by atoms with Crippen molar-refractivity contribution in [3.8, 4) is 5.75 Å². The smallest absolute Gasteiger partial charge is 0.125 e. The normalized spacial score (nSPS) is 10.8. The molecule has 0 spiro atoms. The highest BCUT2D eigenvalue weighted by Crippen LogP contribution is 2.23. The number of ether oxygens (including phenoxy) is 1. The van der Waals surface area contributed by atoms with Gasteiger partial charge in [0.2, 0.25) is 0 Å². The van der Waals surface area contributed by atoms with E-state index in [0.29, 0.717) is 0 Å². The molecule has 2 rings (SSSR count). The summed E-state index contributed by atoms with van der Waals surface area (Å²) >= 11 is 1.73. The van der Waals surface area contributed by atoms with E-state index in [9.17, 15) is 0 Å². The maximum atomic E-state index is 5.75. The summed E-state index contributed by atoms with van der Waals surface area (Å²) in [5.41, 5.74) is 8.99. The van der Waals surface area contributed by atoms with Crippen LogP contribution in [-0.4, -0.2) is 19.1 Å². The van der Waals surface area contributed by atoms with E-state index in [2.05, 4.69) is 28.8 Å². The monoisotopic (exact) mass is 262 g/mol. The first-order chi connectivity index (χ1) is 8.69. The van der Waals surface area contributed by atoms with Gasteiger partial charge in [-0.1, -0.05) is 6.07 Å². The van der Waals surface area contributed by atoms with Gasteiger partial charge in [-0.25, -0.2) is 0 Å². The highest BCUT2D eigenvalue weighted by atomic mass is 32.1. The zero-order chi connectivity index (χ0) is 13.0. The van der Waals surface area contributed by atoms with Crippen LogP contribution in [0.25, 0.3) is 0 Å². The molecular formula is C14H18N2OS. The molecule has 0 aliphatic heterocycles. The molecule has 3 nitrogen and oxygen atoms in total. The third-order valence-corrected chi connectivity index (χ3v) is 3.52. The Morgan fingerprint density at radius 2 is 2.11 bits per heavy atom. The van der Waals surface area contributed by atoms with E-state index in [-0.39, 0.29) is 0 Å². The number of anilines is 1. The lowest BCUT2D eigenvalue weighted by molar-refractivity contribution is 0.310. The van der Waals surface area contributed by atoms with Gasteiger partial charge in [-0.15, -0.1) is 0 Å². The van der Waals surface area contributed by atoms with Crippen molar-refractivity contribution in [2.45, 2.75) is 13.1 Å². The van der Waals surface area contributed by atoms with Crippen molar-refractivity contribution in [3.63, 3.8) is 0 Å². The van der Waals surface area contributed by atoms with Gasteiger partial charge in [0.05, 0.1) is 7.11 Å². The van der Waals surface area contributed by atoms with Crippen LogP contribution in [0.5, 0.6) is 5.75 Å². The summed E-state index contributed by atoms with van der Waals surface area (Å²) in [6.07, 6.45) is 0. The Morgan fingerprint density at radius 3 is 2.78 bits per heavy atom. The largest absolute Gasteiger partial charge is 0.496 e. The molecule has 0 aliphatic rings. The van der Waals surface area contributed by atoms with Gasteiger partial charge in [-0.2, -0.15) is 11.3 Å². The number of hydrogen-bond acceptors (Lipinski definition) is 4. The molecule has 1 aromatic carbocycles. The van der Waals surface area contributed by atoms with Crippen molar-refractivity contribution in [3.05, 3.63) is 46.2 Å². The molecule has 0 radical (unpaired) electrons. The fourth-order valence-corrected chi connectivity index (χ4v) is 2.59. The lowest BCUT2D eigenvalue weighted by atomic mass is 10.1. The van der Waals surface area contributed by atoms with E-state index in [1.807, 2.05) is 18.2 Å². The van der Waals surface area contributed by atoms with Crippen LogP contribution in [0.2, 0.25) is 0 Å². The first kappa shape index (κ1) is 12.9. The molecule has 0 amide bonds. The van der Waals surface area contributed by atoms with Gasteiger partial charge < -0.3 is 10.5 Å². The molecule has 18 heavy (non-hydrogen) atoms. The van der Waals surface area contributed by atoms with Gasteiger partial charge in [0, 0.05) is 30.4 Å². The topological polar surface area (TPSA) is 38.5 Å². The van der Waals surface area contributed by atoms with Crippen LogP contribution >= 0.6 is 11.3 Å². The molecular weight excluding hydrogens is 244 g/mol. The van der Waals surface area contributed by atoms with Crippen molar-refractivity contribution in [1.29, 1.82) is 0 Å². The first-order valence-corrected chi connectivity index (χ1v) is 6.75. The molecule has 1 heterocycles. The molecule has 1 aromatic heterocycles. The molecule has 2 aromatic rings. The highest BCUT2D eigenvalue weighted by Gasteiger charge is 2.07. The maximum Gasteiger partial charge on any atom is 0.125 e. The zero-order valence-corrected chi connectivity index (χ0v) is 11.5. The molecule has 4 heteroatoms. The second-order valence-electron chi connectivity index (χ2n) is 4.38. The third-order valence-electron chi connectivity index (χ3n) is 2.78. The van der Waals surface area contributed by atoms with Crippen LogP contribution in [0.4, 0.5) is 5.69 Å². The van der Waals surface area contributed by atoms with Crippen molar-refractivity contribution < 1.29 is 4.74 Å². The van der Waals surface area contributed by atoms with E-state index in [1.54, 1.807) is 18.4 Å². The van der Waals surface area contributed by atoms with Gasteiger partial charge in [-0.3, -0.25) is 4.90 Å². The van der Waals surface area contributed by atoms with Crippen molar-refractivity contribution in [2.75, 3.05) is 19.9 Å². The van der Waals surface area contributed by atoms with E-state index >= 15 is 0 Å². The lowest BCUT2D eigenvalue weighted by Crippen LogP contribution is -2.17. The van der Waals surface area contributed by atoms with E-state index in [1.165, 1.54) is 5.56 Å². The number of benzene rings is 1. The number of thiophene rings is 1. The standard InChI is InChI=1S/C14H18N2OS/c1-16(8-11-5-6-18-10-11)9-12-3-4-13(15)7-14(12)17-2/h3-7,10H,8-9,15H2,1-2H3. The predicted octanol–water partition coefficient (Wildman–Crippen LogP) is 2.97. The molecule has 96 valence electrons. The van der Waals surface area contributed by atoms with Gasteiger partial charge >= 0.3 is 0 Å². The van der Waals surface area contributed by atoms with Crippen molar-refractivity contribution in [2.24, 2.45) is 0 Å². The van der Waals surface area contributed by atoms with Crippen LogP contribution in [0.15, 0.2) is 35.0 Å². The summed E-state index contributed by atoms with van der Waals surface area (Å²) in [5.74, 6) is 0.854. The second-order valence-corrected chi connectivity index (χ2v) is 5.16. The Bertz CT molecular complexity index is 497. The molecule has 0 atom stereocenters. The summed E-state index contributed by atoms with van der Waals surface area (Å²) in [4.78, 5) is 2.26. The van der Waals surface area contributed by atoms with Gasteiger partial charge in [-0.05, 0) is 35.5 Å². The van der Waals surface area contributed by atoms with Gasteiger partial charge in [0.25, 0.3) is 0 Å². The highest BCUT2D eigenvalue weighted by molar-refractivity contribution is 7.07. The number of methoxy groups -OCH3 is 1. The molecule has 0 saturated heterocycles. The molecule has 2 N–H and O–H groups in total. The van der Waals surface area contributed by atoms with E-state index in [4.69, 9.17) is 10.5 Å². The fraction of sp³-hybridized carbons (Fsp3) is 0.286. The number of hydrogen-bond donors (Lipinski definition) is 1. The summed E-state index contributed by atoms with van der Waals surface area (Å²) in [6, 6.07) is 7.96. The van der Waals surface area contributed by atoms with E-state index in [0.717, 1.165) is 30.1 Å². The Kier molecular flexibility index (Phi) is 4.23. The number of nitrogens with two attached hydrogens (primary N) is 1. The van der Waals surface area contributed by atoms with Crippen LogP contribution < -0.4 is 10.5 Å². The fourth-order valence-electron chi connectivity index (χ4n) is 1.93. The molecule has 0 aliphatic carbocycles. The van der Waals surface area contributed by atoms with Gasteiger partial charge in [0.1, 0.15) is 5.75 Å². The van der Waals surface area contributed by atoms with E-state index < -0.39 is 0 Å². The second kappa shape index (κ2) is 5.89.